The largest absolute Gasteiger partial charge is 0.354 e. The first-order valence-electron chi connectivity index (χ1n) is 8.67. The molecule has 1 heterocycles. The third-order valence-corrected chi connectivity index (χ3v) is 4.35. The van der Waals surface area contributed by atoms with Crippen molar-refractivity contribution in [2.24, 2.45) is 0 Å². The van der Waals surface area contributed by atoms with Crippen LogP contribution in [0.15, 0.2) is 65.5 Å². The molecule has 0 unspecified atom stereocenters. The molecule has 1 amide bonds. The smallest absolute Gasteiger partial charge is 0.266 e. The summed E-state index contributed by atoms with van der Waals surface area (Å²) in [6.45, 7) is 2.63. The number of amides is 1. The summed E-state index contributed by atoms with van der Waals surface area (Å²) < 4.78 is 1.36. The molecule has 138 valence electrons. The first-order valence-corrected chi connectivity index (χ1v) is 9.05. The lowest BCUT2D eigenvalue weighted by Gasteiger charge is -2.09. The second kappa shape index (κ2) is 8.64. The predicted molar refractivity (Wildman–Crippen MR) is 107 cm³/mol. The summed E-state index contributed by atoms with van der Waals surface area (Å²) in [5.41, 5.74) is 3.43. The van der Waals surface area contributed by atoms with Crippen molar-refractivity contribution in [3.05, 3.63) is 87.2 Å². The van der Waals surface area contributed by atoms with Gasteiger partial charge in [-0.15, -0.1) is 0 Å². The van der Waals surface area contributed by atoms with E-state index in [1.807, 2.05) is 43.3 Å². The van der Waals surface area contributed by atoms with Gasteiger partial charge in [0.15, 0.2) is 0 Å². The van der Waals surface area contributed by atoms with Gasteiger partial charge in [-0.05, 0) is 30.7 Å². The van der Waals surface area contributed by atoms with E-state index in [9.17, 15) is 9.59 Å². The molecule has 0 saturated carbocycles. The Kier molecular flexibility index (Phi) is 6.04. The van der Waals surface area contributed by atoms with Crippen LogP contribution in [0.25, 0.3) is 11.3 Å². The molecule has 1 aromatic heterocycles. The Morgan fingerprint density at radius 2 is 1.89 bits per heavy atom. The van der Waals surface area contributed by atoms with E-state index in [4.69, 9.17) is 11.6 Å². The lowest BCUT2D eigenvalue weighted by Crippen LogP contribution is -2.32. The number of carbonyl (C=O) groups is 1. The lowest BCUT2D eigenvalue weighted by molar-refractivity contribution is -0.120. The SMILES string of the molecule is Cc1cccc(CC(=O)NCCn2nc(-c3ccc(Cl)cc3)ccc2=O)c1. The fourth-order valence-corrected chi connectivity index (χ4v) is 2.88. The Morgan fingerprint density at radius 3 is 2.63 bits per heavy atom. The molecule has 2 aromatic carbocycles. The standard InChI is InChI=1S/C21H20ClN3O2/c1-15-3-2-4-16(13-15)14-20(26)23-11-12-25-21(27)10-9-19(24-25)17-5-7-18(22)8-6-17/h2-10,13H,11-12,14H2,1H3,(H,23,26). The summed E-state index contributed by atoms with van der Waals surface area (Å²) in [6, 6.07) is 18.3. The van der Waals surface area contributed by atoms with Crippen LogP contribution >= 0.6 is 11.6 Å². The van der Waals surface area contributed by atoms with Crippen molar-refractivity contribution < 1.29 is 4.79 Å². The number of carbonyl (C=O) groups excluding carboxylic acids is 1. The minimum Gasteiger partial charge on any atom is -0.354 e. The normalized spacial score (nSPS) is 10.6. The van der Waals surface area contributed by atoms with Crippen LogP contribution < -0.4 is 10.9 Å². The van der Waals surface area contributed by atoms with Crippen LogP contribution in [-0.4, -0.2) is 22.2 Å². The van der Waals surface area contributed by atoms with E-state index in [0.29, 0.717) is 30.2 Å². The van der Waals surface area contributed by atoms with Crippen LogP contribution in [0, 0.1) is 6.92 Å². The number of nitrogens with zero attached hydrogens (tertiary/aromatic N) is 2. The molecule has 3 aromatic rings. The summed E-state index contributed by atoms with van der Waals surface area (Å²) in [4.78, 5) is 24.1. The second-order valence-electron chi connectivity index (χ2n) is 6.30. The highest BCUT2D eigenvalue weighted by molar-refractivity contribution is 6.30. The average molecular weight is 382 g/mol. The molecular weight excluding hydrogens is 362 g/mol. The van der Waals surface area contributed by atoms with Crippen molar-refractivity contribution in [3.8, 4) is 11.3 Å². The number of benzene rings is 2. The molecule has 0 spiro atoms. The summed E-state index contributed by atoms with van der Waals surface area (Å²) >= 11 is 5.90. The third-order valence-electron chi connectivity index (χ3n) is 4.10. The van der Waals surface area contributed by atoms with E-state index in [0.717, 1.165) is 16.7 Å². The summed E-state index contributed by atoms with van der Waals surface area (Å²) in [7, 11) is 0. The van der Waals surface area contributed by atoms with Gasteiger partial charge in [0, 0.05) is 23.2 Å². The van der Waals surface area contributed by atoms with Gasteiger partial charge in [-0.2, -0.15) is 5.10 Å². The maximum absolute atomic E-state index is 12.1. The van der Waals surface area contributed by atoms with Crippen LogP contribution in [-0.2, 0) is 17.8 Å². The molecule has 0 fully saturated rings. The molecule has 0 aliphatic heterocycles. The number of hydrogen-bond acceptors (Lipinski definition) is 3. The Labute approximate surface area is 162 Å². The Balaban J connectivity index is 1.60. The summed E-state index contributed by atoms with van der Waals surface area (Å²) in [5, 5.41) is 7.85. The van der Waals surface area contributed by atoms with Gasteiger partial charge >= 0.3 is 0 Å². The molecule has 27 heavy (non-hydrogen) atoms. The van der Waals surface area contributed by atoms with Crippen molar-refractivity contribution in [3.63, 3.8) is 0 Å². The van der Waals surface area contributed by atoms with Crippen LogP contribution in [0.1, 0.15) is 11.1 Å². The van der Waals surface area contributed by atoms with Gasteiger partial charge in [0.1, 0.15) is 0 Å². The highest BCUT2D eigenvalue weighted by atomic mass is 35.5. The van der Waals surface area contributed by atoms with Gasteiger partial charge in [0.25, 0.3) is 5.56 Å². The van der Waals surface area contributed by atoms with Crippen molar-refractivity contribution in [1.29, 1.82) is 0 Å². The van der Waals surface area contributed by atoms with E-state index < -0.39 is 0 Å². The zero-order valence-corrected chi connectivity index (χ0v) is 15.7. The molecule has 0 aliphatic rings. The predicted octanol–water partition coefficient (Wildman–Crippen LogP) is 3.23. The number of aromatic nitrogens is 2. The molecule has 0 saturated heterocycles. The Hall–Kier alpha value is -2.92. The minimum atomic E-state index is -0.208. The molecule has 3 rings (SSSR count). The summed E-state index contributed by atoms with van der Waals surface area (Å²) in [6.07, 6.45) is 0.314. The number of hydrogen-bond donors (Lipinski definition) is 1. The fraction of sp³-hybridized carbons (Fsp3) is 0.190. The van der Waals surface area contributed by atoms with E-state index in [2.05, 4.69) is 10.4 Å². The molecule has 0 atom stereocenters. The number of rotatable bonds is 6. The lowest BCUT2D eigenvalue weighted by atomic mass is 10.1. The topological polar surface area (TPSA) is 64.0 Å². The molecule has 0 aliphatic carbocycles. The second-order valence-corrected chi connectivity index (χ2v) is 6.74. The van der Waals surface area contributed by atoms with E-state index in [1.54, 1.807) is 18.2 Å². The number of nitrogens with one attached hydrogen (secondary N) is 1. The zero-order valence-electron chi connectivity index (χ0n) is 15.0. The molecule has 6 heteroatoms. The summed E-state index contributed by atoms with van der Waals surface area (Å²) in [5.74, 6) is -0.0810. The highest BCUT2D eigenvalue weighted by Gasteiger charge is 2.06. The van der Waals surface area contributed by atoms with Gasteiger partial charge in [-0.25, -0.2) is 4.68 Å². The third kappa shape index (κ3) is 5.28. The van der Waals surface area contributed by atoms with Gasteiger partial charge in [-0.3, -0.25) is 9.59 Å². The minimum absolute atomic E-state index is 0.0810. The van der Waals surface area contributed by atoms with Crippen LogP contribution in [0.4, 0.5) is 0 Å². The van der Waals surface area contributed by atoms with Crippen molar-refractivity contribution in [1.82, 2.24) is 15.1 Å². The molecule has 5 nitrogen and oxygen atoms in total. The van der Waals surface area contributed by atoms with Gasteiger partial charge in [0.2, 0.25) is 5.91 Å². The van der Waals surface area contributed by atoms with Gasteiger partial charge in [0.05, 0.1) is 18.7 Å². The monoisotopic (exact) mass is 381 g/mol. The highest BCUT2D eigenvalue weighted by Crippen LogP contribution is 2.18. The van der Waals surface area contributed by atoms with Crippen molar-refractivity contribution in [2.45, 2.75) is 19.9 Å². The molecular formula is C21H20ClN3O2. The van der Waals surface area contributed by atoms with Crippen LogP contribution in [0.5, 0.6) is 0 Å². The molecule has 1 N–H and O–H groups in total. The van der Waals surface area contributed by atoms with Crippen molar-refractivity contribution >= 4 is 17.5 Å². The maximum atomic E-state index is 12.1. The molecule has 0 bridgehead atoms. The Morgan fingerprint density at radius 1 is 1.11 bits per heavy atom. The number of aryl methyl sites for hydroxylation is 1. The van der Waals surface area contributed by atoms with Gasteiger partial charge in [-0.1, -0.05) is 53.6 Å². The average Bonchev–Trinajstić information content (AvgIpc) is 2.64. The van der Waals surface area contributed by atoms with Crippen LogP contribution in [0.2, 0.25) is 5.02 Å². The first kappa shape index (κ1) is 18.9. The maximum Gasteiger partial charge on any atom is 0.266 e. The van der Waals surface area contributed by atoms with Crippen LogP contribution in [0.3, 0.4) is 0 Å². The van der Waals surface area contributed by atoms with E-state index in [1.165, 1.54) is 10.7 Å². The van der Waals surface area contributed by atoms with E-state index in [-0.39, 0.29) is 11.5 Å². The Bertz CT molecular complexity index is 997. The number of halogens is 1. The van der Waals surface area contributed by atoms with E-state index >= 15 is 0 Å². The molecule has 0 radical (unpaired) electrons. The first-order chi connectivity index (χ1) is 13.0. The quantitative estimate of drug-likeness (QED) is 0.713. The zero-order chi connectivity index (χ0) is 19.2. The fourth-order valence-electron chi connectivity index (χ4n) is 2.75. The van der Waals surface area contributed by atoms with Crippen molar-refractivity contribution in [2.75, 3.05) is 6.54 Å². The van der Waals surface area contributed by atoms with Gasteiger partial charge < -0.3 is 5.32 Å².